The minimum atomic E-state index is -0.114. The van der Waals surface area contributed by atoms with Crippen molar-refractivity contribution >= 4 is 16.9 Å². The summed E-state index contributed by atoms with van der Waals surface area (Å²) < 4.78 is 5.70. The summed E-state index contributed by atoms with van der Waals surface area (Å²) in [7, 11) is 0. The van der Waals surface area contributed by atoms with E-state index in [1.807, 2.05) is 31.2 Å². The molecule has 2 heterocycles. The van der Waals surface area contributed by atoms with Gasteiger partial charge in [-0.15, -0.1) is 0 Å². The number of furan rings is 1. The third-order valence-corrected chi connectivity index (χ3v) is 4.89. The van der Waals surface area contributed by atoms with Gasteiger partial charge in [-0.3, -0.25) is 4.79 Å². The predicted molar refractivity (Wildman–Crippen MR) is 97.4 cm³/mol. The molecule has 0 bridgehead atoms. The lowest BCUT2D eigenvalue weighted by molar-refractivity contribution is 0.0926. The molecule has 1 aromatic heterocycles. The number of carbonyl (C=O) groups is 1. The van der Waals surface area contributed by atoms with Gasteiger partial charge in [0.15, 0.2) is 5.76 Å². The minimum absolute atomic E-state index is 0.114. The second-order valence-electron chi connectivity index (χ2n) is 7.11. The first-order valence-corrected chi connectivity index (χ1v) is 9.13. The number of fused-ring (bicyclic) bond motifs is 1. The van der Waals surface area contributed by atoms with Crippen molar-refractivity contribution in [2.45, 2.75) is 39.5 Å². The molecule has 1 atom stereocenters. The lowest BCUT2D eigenvalue weighted by atomic mass is 10.0. The number of benzene rings is 1. The van der Waals surface area contributed by atoms with E-state index in [-0.39, 0.29) is 5.91 Å². The Hall–Kier alpha value is -1.81. The van der Waals surface area contributed by atoms with Crippen LogP contribution >= 0.6 is 0 Å². The number of hydrogen-bond acceptors (Lipinski definition) is 3. The summed E-state index contributed by atoms with van der Waals surface area (Å²) in [4.78, 5) is 14.8. The van der Waals surface area contributed by atoms with E-state index >= 15 is 0 Å². The summed E-state index contributed by atoms with van der Waals surface area (Å²) in [6, 6.07) is 7.78. The Morgan fingerprint density at radius 1 is 1.38 bits per heavy atom. The fourth-order valence-electron chi connectivity index (χ4n) is 3.56. The molecule has 1 saturated heterocycles. The molecular formula is C20H28N2O2. The Labute approximate surface area is 144 Å². The zero-order valence-corrected chi connectivity index (χ0v) is 14.8. The van der Waals surface area contributed by atoms with Crippen molar-refractivity contribution in [3.05, 3.63) is 35.6 Å². The molecule has 0 spiro atoms. The van der Waals surface area contributed by atoms with Crippen LogP contribution in [0.15, 0.2) is 28.7 Å². The van der Waals surface area contributed by atoms with Gasteiger partial charge in [0.05, 0.1) is 0 Å². The van der Waals surface area contributed by atoms with Crippen molar-refractivity contribution in [3.8, 4) is 0 Å². The van der Waals surface area contributed by atoms with Crippen molar-refractivity contribution in [2.24, 2.45) is 5.92 Å². The van der Waals surface area contributed by atoms with Crippen LogP contribution in [0, 0.1) is 12.8 Å². The molecule has 0 aliphatic carbocycles. The lowest BCUT2D eigenvalue weighted by Gasteiger charge is -2.30. The van der Waals surface area contributed by atoms with Crippen molar-refractivity contribution < 1.29 is 9.21 Å². The van der Waals surface area contributed by atoms with E-state index in [4.69, 9.17) is 4.42 Å². The number of amides is 1. The Morgan fingerprint density at radius 2 is 2.25 bits per heavy atom. The number of piperidine rings is 1. The Bertz CT molecular complexity index is 692. The minimum Gasteiger partial charge on any atom is -0.451 e. The van der Waals surface area contributed by atoms with Crippen LogP contribution in [-0.4, -0.2) is 37.0 Å². The predicted octanol–water partition coefficient (Wildman–Crippen LogP) is 3.98. The third-order valence-electron chi connectivity index (χ3n) is 4.89. The van der Waals surface area contributed by atoms with E-state index in [1.54, 1.807) is 0 Å². The highest BCUT2D eigenvalue weighted by Gasteiger charge is 2.16. The van der Waals surface area contributed by atoms with E-state index in [0.29, 0.717) is 12.3 Å². The normalized spacial score (nSPS) is 18.8. The summed E-state index contributed by atoms with van der Waals surface area (Å²) in [5.41, 5.74) is 1.86. The number of nitrogens with one attached hydrogen (secondary N) is 1. The molecule has 3 rings (SSSR count). The van der Waals surface area contributed by atoms with Gasteiger partial charge in [-0.05, 0) is 63.2 Å². The Morgan fingerprint density at radius 3 is 3.04 bits per heavy atom. The van der Waals surface area contributed by atoms with Crippen LogP contribution in [-0.2, 0) is 0 Å². The first-order chi connectivity index (χ1) is 11.6. The molecule has 130 valence electrons. The molecule has 1 aromatic carbocycles. The fraction of sp³-hybridized carbons (Fsp3) is 0.550. The van der Waals surface area contributed by atoms with Crippen LogP contribution < -0.4 is 5.32 Å². The van der Waals surface area contributed by atoms with Gasteiger partial charge in [-0.25, -0.2) is 0 Å². The van der Waals surface area contributed by atoms with E-state index in [0.717, 1.165) is 41.8 Å². The molecule has 1 aliphatic rings. The van der Waals surface area contributed by atoms with Crippen LogP contribution in [0.5, 0.6) is 0 Å². The number of rotatable bonds is 6. The molecule has 2 aromatic rings. The third kappa shape index (κ3) is 4.18. The summed E-state index contributed by atoms with van der Waals surface area (Å²) >= 11 is 0. The molecule has 4 nitrogen and oxygen atoms in total. The second kappa shape index (κ2) is 7.84. The maximum Gasteiger partial charge on any atom is 0.287 e. The second-order valence-corrected chi connectivity index (χ2v) is 7.11. The van der Waals surface area contributed by atoms with Crippen LogP contribution in [0.4, 0.5) is 0 Å². The van der Waals surface area contributed by atoms with E-state index in [9.17, 15) is 4.79 Å². The van der Waals surface area contributed by atoms with Gasteiger partial charge < -0.3 is 14.6 Å². The van der Waals surface area contributed by atoms with Crippen LogP contribution in [0.2, 0.25) is 0 Å². The molecule has 1 N–H and O–H groups in total. The monoisotopic (exact) mass is 328 g/mol. The van der Waals surface area contributed by atoms with Crippen molar-refractivity contribution in [1.82, 2.24) is 10.2 Å². The fourth-order valence-corrected chi connectivity index (χ4v) is 3.56. The zero-order valence-electron chi connectivity index (χ0n) is 14.8. The summed E-state index contributed by atoms with van der Waals surface area (Å²) in [6.45, 7) is 8.64. The largest absolute Gasteiger partial charge is 0.451 e. The SMILES string of the molecule is Cc1cccc2cc(C(=O)NCCCCN3CCC[C@H](C)C3)oc12. The van der Waals surface area contributed by atoms with Gasteiger partial charge in [0.25, 0.3) is 5.91 Å². The summed E-state index contributed by atoms with van der Waals surface area (Å²) in [5, 5.41) is 3.96. The molecule has 1 fully saturated rings. The molecule has 0 saturated carbocycles. The van der Waals surface area contributed by atoms with Crippen molar-refractivity contribution in [1.29, 1.82) is 0 Å². The molecule has 0 radical (unpaired) electrons. The first-order valence-electron chi connectivity index (χ1n) is 9.13. The maximum atomic E-state index is 12.2. The quantitative estimate of drug-likeness (QED) is 0.816. The molecule has 1 aliphatic heterocycles. The smallest absolute Gasteiger partial charge is 0.287 e. The van der Waals surface area contributed by atoms with Gasteiger partial charge in [0.2, 0.25) is 0 Å². The molecule has 4 heteroatoms. The standard InChI is InChI=1S/C20H28N2O2/c1-15-7-6-12-22(14-15)11-4-3-10-21-20(23)18-13-17-9-5-8-16(2)19(17)24-18/h5,8-9,13,15H,3-4,6-7,10-12,14H2,1-2H3,(H,21,23)/t15-/m0/s1. The molecular weight excluding hydrogens is 300 g/mol. The van der Waals surface area contributed by atoms with Gasteiger partial charge in [0, 0.05) is 18.5 Å². The highest BCUT2D eigenvalue weighted by molar-refractivity contribution is 5.96. The molecule has 1 amide bonds. The number of nitrogens with zero attached hydrogens (tertiary/aromatic N) is 1. The summed E-state index contributed by atoms with van der Waals surface area (Å²) in [6.07, 6.45) is 4.83. The van der Waals surface area contributed by atoms with Crippen LogP contribution in [0.25, 0.3) is 11.0 Å². The number of carbonyl (C=O) groups excluding carboxylic acids is 1. The van der Waals surface area contributed by atoms with Gasteiger partial charge in [0.1, 0.15) is 5.58 Å². The average Bonchev–Trinajstić information content (AvgIpc) is 3.00. The number of aryl methyl sites for hydroxylation is 1. The highest BCUT2D eigenvalue weighted by Crippen LogP contribution is 2.22. The zero-order chi connectivity index (χ0) is 16.9. The Balaban J connectivity index is 1.41. The van der Waals surface area contributed by atoms with Gasteiger partial charge >= 0.3 is 0 Å². The number of likely N-dealkylation sites (tertiary alicyclic amines) is 1. The molecule has 0 unspecified atom stereocenters. The van der Waals surface area contributed by atoms with Crippen molar-refractivity contribution in [3.63, 3.8) is 0 Å². The average molecular weight is 328 g/mol. The van der Waals surface area contributed by atoms with Crippen LogP contribution in [0.3, 0.4) is 0 Å². The van der Waals surface area contributed by atoms with Gasteiger partial charge in [-0.1, -0.05) is 25.1 Å². The maximum absolute atomic E-state index is 12.2. The molecule has 24 heavy (non-hydrogen) atoms. The number of unbranched alkanes of at least 4 members (excludes halogenated alkanes) is 1. The van der Waals surface area contributed by atoms with E-state index in [2.05, 4.69) is 17.1 Å². The first kappa shape index (κ1) is 17.0. The van der Waals surface area contributed by atoms with Gasteiger partial charge in [-0.2, -0.15) is 0 Å². The van der Waals surface area contributed by atoms with Crippen LogP contribution in [0.1, 0.15) is 48.7 Å². The van der Waals surface area contributed by atoms with Crippen molar-refractivity contribution in [2.75, 3.05) is 26.2 Å². The lowest BCUT2D eigenvalue weighted by Crippen LogP contribution is -2.35. The number of para-hydroxylation sites is 1. The topological polar surface area (TPSA) is 45.5 Å². The number of hydrogen-bond donors (Lipinski definition) is 1. The highest BCUT2D eigenvalue weighted by atomic mass is 16.3. The summed E-state index contributed by atoms with van der Waals surface area (Å²) in [5.74, 6) is 1.12. The van der Waals surface area contributed by atoms with E-state index < -0.39 is 0 Å². The Kier molecular flexibility index (Phi) is 5.56. The van der Waals surface area contributed by atoms with E-state index in [1.165, 1.54) is 25.9 Å².